The summed E-state index contributed by atoms with van der Waals surface area (Å²) in [6, 6.07) is 14.0. The van der Waals surface area contributed by atoms with E-state index in [2.05, 4.69) is 5.32 Å². The van der Waals surface area contributed by atoms with Crippen molar-refractivity contribution in [2.24, 2.45) is 5.41 Å². The van der Waals surface area contributed by atoms with Gasteiger partial charge in [0.2, 0.25) is 0 Å². The van der Waals surface area contributed by atoms with E-state index in [1.165, 1.54) is 0 Å². The lowest BCUT2D eigenvalue weighted by atomic mass is 9.82. The van der Waals surface area contributed by atoms with E-state index in [0.29, 0.717) is 11.1 Å². The molecule has 0 fully saturated rings. The maximum atomic E-state index is 12.6. The average Bonchev–Trinajstić information content (AvgIpc) is 2.58. The Balaban J connectivity index is 2.26. The number of carbonyl (C=O) groups is 2. The Labute approximate surface area is 148 Å². The summed E-state index contributed by atoms with van der Waals surface area (Å²) in [5, 5.41) is 11.8. The molecular weight excluding hydrogens is 316 g/mol. The predicted molar refractivity (Wildman–Crippen MR) is 96.5 cm³/mol. The highest BCUT2D eigenvalue weighted by atomic mass is 16.5. The van der Waals surface area contributed by atoms with Crippen LogP contribution >= 0.6 is 0 Å². The molecule has 25 heavy (non-hydrogen) atoms. The number of rotatable bonds is 4. The maximum absolute atomic E-state index is 12.6. The normalized spacial score (nSPS) is 12.4. The summed E-state index contributed by atoms with van der Waals surface area (Å²) >= 11 is 0. The van der Waals surface area contributed by atoms with Gasteiger partial charge in [0.1, 0.15) is 0 Å². The predicted octanol–water partition coefficient (Wildman–Crippen LogP) is 3.63. The highest BCUT2D eigenvalue weighted by molar-refractivity contribution is 5.95. The molecule has 2 aromatic carbocycles. The van der Waals surface area contributed by atoms with E-state index in [4.69, 9.17) is 5.21 Å². The van der Waals surface area contributed by atoms with Crippen LogP contribution in [0.1, 0.15) is 58.7 Å². The van der Waals surface area contributed by atoms with Crippen LogP contribution < -0.4 is 10.8 Å². The summed E-state index contributed by atoms with van der Waals surface area (Å²) in [5.74, 6) is -0.709. The van der Waals surface area contributed by atoms with Crippen molar-refractivity contribution < 1.29 is 14.8 Å². The Morgan fingerprint density at radius 2 is 1.36 bits per heavy atom. The van der Waals surface area contributed by atoms with Crippen LogP contribution in [0.5, 0.6) is 0 Å². The van der Waals surface area contributed by atoms with Crippen LogP contribution in [0.25, 0.3) is 0 Å². The highest BCUT2D eigenvalue weighted by Crippen LogP contribution is 2.33. The molecule has 0 aliphatic rings. The van der Waals surface area contributed by atoms with Crippen molar-refractivity contribution in [3.8, 4) is 0 Å². The summed E-state index contributed by atoms with van der Waals surface area (Å²) in [4.78, 5) is 24.1. The first-order valence-corrected chi connectivity index (χ1v) is 8.14. The molecule has 0 bridgehead atoms. The van der Waals surface area contributed by atoms with Crippen LogP contribution in [0.15, 0.2) is 48.5 Å². The molecule has 0 aliphatic carbocycles. The van der Waals surface area contributed by atoms with E-state index >= 15 is 0 Å². The standard InChI is InChI=1S/C20H24N2O3/c1-13-5-7-15(8-6-13)18(23)21-17(20(2,3)4)14-9-11-16(12-10-14)19(24)22-25/h5-12,17,25H,1-4H3,(H,21,23)(H,22,24). The smallest absolute Gasteiger partial charge is 0.274 e. The first kappa shape index (κ1) is 18.7. The number of carbonyl (C=O) groups excluding carboxylic acids is 2. The third-order valence-electron chi connectivity index (χ3n) is 4.06. The van der Waals surface area contributed by atoms with E-state index in [1.54, 1.807) is 41.9 Å². The maximum Gasteiger partial charge on any atom is 0.274 e. The fourth-order valence-electron chi connectivity index (χ4n) is 2.61. The SMILES string of the molecule is Cc1ccc(C(=O)NC(c2ccc(C(=O)NO)cc2)C(C)(C)C)cc1. The molecule has 0 aliphatic heterocycles. The lowest BCUT2D eigenvalue weighted by Gasteiger charge is -2.32. The van der Waals surface area contributed by atoms with E-state index in [0.717, 1.165) is 11.1 Å². The van der Waals surface area contributed by atoms with Crippen molar-refractivity contribution in [3.63, 3.8) is 0 Å². The lowest BCUT2D eigenvalue weighted by molar-refractivity contribution is 0.0706. The Bertz CT molecular complexity index is 744. The molecule has 0 saturated carbocycles. The van der Waals surface area contributed by atoms with Gasteiger partial charge in [-0.1, -0.05) is 50.6 Å². The molecule has 1 unspecified atom stereocenters. The molecule has 2 amide bonds. The molecule has 5 heteroatoms. The number of hydroxylamine groups is 1. The minimum Gasteiger partial charge on any atom is -0.345 e. The lowest BCUT2D eigenvalue weighted by Crippen LogP contribution is -2.36. The molecular formula is C20H24N2O3. The molecule has 3 N–H and O–H groups in total. The largest absolute Gasteiger partial charge is 0.345 e. The zero-order valence-corrected chi connectivity index (χ0v) is 15.0. The number of nitrogens with one attached hydrogen (secondary N) is 2. The zero-order valence-electron chi connectivity index (χ0n) is 15.0. The number of hydrogen-bond donors (Lipinski definition) is 3. The van der Waals surface area contributed by atoms with Crippen molar-refractivity contribution >= 4 is 11.8 Å². The molecule has 1 atom stereocenters. The molecule has 5 nitrogen and oxygen atoms in total. The van der Waals surface area contributed by atoms with E-state index in [-0.39, 0.29) is 17.4 Å². The Morgan fingerprint density at radius 3 is 1.84 bits per heavy atom. The monoisotopic (exact) mass is 340 g/mol. The van der Waals surface area contributed by atoms with Crippen molar-refractivity contribution in [3.05, 3.63) is 70.8 Å². The first-order valence-electron chi connectivity index (χ1n) is 8.14. The third kappa shape index (κ3) is 4.67. The Hall–Kier alpha value is -2.66. The summed E-state index contributed by atoms with van der Waals surface area (Å²) in [6.45, 7) is 8.11. The van der Waals surface area contributed by atoms with Gasteiger partial charge < -0.3 is 5.32 Å². The van der Waals surface area contributed by atoms with Crippen LogP contribution in [0.2, 0.25) is 0 Å². The fraction of sp³-hybridized carbons (Fsp3) is 0.300. The van der Waals surface area contributed by atoms with E-state index < -0.39 is 5.91 Å². The molecule has 2 rings (SSSR count). The van der Waals surface area contributed by atoms with Crippen molar-refractivity contribution in [2.45, 2.75) is 33.7 Å². The molecule has 0 spiro atoms. The fourth-order valence-corrected chi connectivity index (χ4v) is 2.61. The van der Waals surface area contributed by atoms with Gasteiger partial charge in [0.15, 0.2) is 0 Å². The Morgan fingerprint density at radius 1 is 0.880 bits per heavy atom. The van der Waals surface area contributed by atoms with E-state index in [9.17, 15) is 9.59 Å². The van der Waals surface area contributed by atoms with Gasteiger partial charge in [0, 0.05) is 11.1 Å². The number of amides is 2. The van der Waals surface area contributed by atoms with Crippen molar-refractivity contribution in [1.82, 2.24) is 10.8 Å². The zero-order chi connectivity index (χ0) is 18.6. The highest BCUT2D eigenvalue weighted by Gasteiger charge is 2.28. The molecule has 0 heterocycles. The van der Waals surface area contributed by atoms with Gasteiger partial charge in [-0.2, -0.15) is 0 Å². The molecule has 0 aromatic heterocycles. The summed E-state index contributed by atoms with van der Waals surface area (Å²) in [7, 11) is 0. The minimum absolute atomic E-state index is 0.142. The van der Waals surface area contributed by atoms with Crippen LogP contribution in [-0.2, 0) is 0 Å². The Kier molecular flexibility index (Phi) is 5.59. The minimum atomic E-state index is -0.567. The van der Waals surface area contributed by atoms with Crippen molar-refractivity contribution in [1.29, 1.82) is 0 Å². The average molecular weight is 340 g/mol. The second kappa shape index (κ2) is 7.49. The van der Waals surface area contributed by atoms with Crippen LogP contribution in [0.3, 0.4) is 0 Å². The van der Waals surface area contributed by atoms with Gasteiger partial charge in [-0.05, 0) is 42.2 Å². The quantitative estimate of drug-likeness (QED) is 0.587. The molecule has 0 radical (unpaired) electrons. The molecule has 0 saturated heterocycles. The van der Waals surface area contributed by atoms with Crippen LogP contribution in [-0.4, -0.2) is 17.0 Å². The van der Waals surface area contributed by atoms with Crippen LogP contribution in [0.4, 0.5) is 0 Å². The van der Waals surface area contributed by atoms with Crippen LogP contribution in [0, 0.1) is 12.3 Å². The van der Waals surface area contributed by atoms with Gasteiger partial charge in [-0.25, -0.2) is 5.48 Å². The second-order valence-electron chi connectivity index (χ2n) is 7.20. The van der Waals surface area contributed by atoms with Gasteiger partial charge in [0.05, 0.1) is 6.04 Å². The third-order valence-corrected chi connectivity index (χ3v) is 4.06. The topological polar surface area (TPSA) is 78.4 Å². The molecule has 132 valence electrons. The number of benzene rings is 2. The van der Waals surface area contributed by atoms with Gasteiger partial charge >= 0.3 is 0 Å². The number of aryl methyl sites for hydroxylation is 1. The second-order valence-corrected chi connectivity index (χ2v) is 7.20. The van der Waals surface area contributed by atoms with Gasteiger partial charge in [0.25, 0.3) is 11.8 Å². The van der Waals surface area contributed by atoms with Gasteiger partial charge in [-0.3, -0.25) is 14.8 Å². The molecule has 2 aromatic rings. The first-order chi connectivity index (χ1) is 11.7. The number of hydrogen-bond acceptors (Lipinski definition) is 3. The summed E-state index contributed by atoms with van der Waals surface area (Å²) in [6.07, 6.45) is 0. The van der Waals surface area contributed by atoms with Crippen molar-refractivity contribution in [2.75, 3.05) is 0 Å². The summed E-state index contributed by atoms with van der Waals surface area (Å²) in [5.41, 5.74) is 4.34. The van der Waals surface area contributed by atoms with E-state index in [1.807, 2.05) is 39.8 Å². The van der Waals surface area contributed by atoms with Gasteiger partial charge in [-0.15, -0.1) is 0 Å². The summed E-state index contributed by atoms with van der Waals surface area (Å²) < 4.78 is 0.